The van der Waals surface area contributed by atoms with Crippen LogP contribution in [0.15, 0.2) is 39.4 Å². The second kappa shape index (κ2) is 6.78. The van der Waals surface area contributed by atoms with Gasteiger partial charge < -0.3 is 10.4 Å². The number of pyridine rings is 1. The van der Waals surface area contributed by atoms with Crippen LogP contribution in [0.3, 0.4) is 0 Å². The number of phenols is 1. The van der Waals surface area contributed by atoms with Crippen molar-refractivity contribution in [2.24, 2.45) is 0 Å². The molecule has 1 atom stereocenters. The fraction of sp³-hybridized carbons (Fsp3) is 0.214. The molecule has 1 unspecified atom stereocenters. The Labute approximate surface area is 139 Å². The van der Waals surface area contributed by atoms with E-state index in [9.17, 15) is 5.11 Å². The monoisotopic (exact) mass is 418 g/mol. The van der Waals surface area contributed by atoms with Crippen LogP contribution < -0.4 is 5.32 Å². The Kier molecular flexibility index (Phi) is 5.29. The molecule has 2 N–H and O–H groups in total. The maximum atomic E-state index is 10.0. The number of hydrogen-bond donors (Lipinski definition) is 2. The SMILES string of the molecule is CCC(Nc1cc(Br)cnc1Cl)c1cc(Br)ccc1O. The quantitative estimate of drug-likeness (QED) is 0.640. The zero-order chi connectivity index (χ0) is 14.7. The van der Waals surface area contributed by atoms with Gasteiger partial charge in [-0.1, -0.05) is 34.5 Å². The molecule has 1 aromatic carbocycles. The standard InChI is InChI=1S/C14H13Br2ClN2O/c1-2-11(10-5-8(15)3-4-13(10)20)19-12-6-9(16)7-18-14(12)17/h3-7,11,19-20H,2H2,1H3. The van der Waals surface area contributed by atoms with Crippen LogP contribution in [0.2, 0.25) is 5.15 Å². The first-order chi connectivity index (χ1) is 9.51. The van der Waals surface area contributed by atoms with Crippen LogP contribution in [0.4, 0.5) is 5.69 Å². The lowest BCUT2D eigenvalue weighted by molar-refractivity contribution is 0.462. The first-order valence-electron chi connectivity index (χ1n) is 6.07. The van der Waals surface area contributed by atoms with Crippen LogP contribution in [-0.2, 0) is 0 Å². The highest BCUT2D eigenvalue weighted by molar-refractivity contribution is 9.10. The second-order valence-electron chi connectivity index (χ2n) is 4.30. The molecule has 3 nitrogen and oxygen atoms in total. The number of halogens is 3. The van der Waals surface area contributed by atoms with Gasteiger partial charge in [-0.2, -0.15) is 0 Å². The predicted octanol–water partition coefficient (Wildman–Crippen LogP) is 5.53. The van der Waals surface area contributed by atoms with E-state index in [-0.39, 0.29) is 11.8 Å². The first kappa shape index (κ1) is 15.6. The van der Waals surface area contributed by atoms with E-state index in [1.54, 1.807) is 18.3 Å². The molecular formula is C14H13Br2ClN2O. The lowest BCUT2D eigenvalue weighted by Crippen LogP contribution is -2.10. The van der Waals surface area contributed by atoms with E-state index in [0.29, 0.717) is 5.15 Å². The normalized spacial score (nSPS) is 12.2. The molecule has 6 heteroatoms. The number of aromatic hydroxyl groups is 1. The second-order valence-corrected chi connectivity index (χ2v) is 6.49. The Morgan fingerprint density at radius 2 is 2.05 bits per heavy atom. The summed E-state index contributed by atoms with van der Waals surface area (Å²) in [6.45, 7) is 2.04. The summed E-state index contributed by atoms with van der Waals surface area (Å²) in [5, 5.41) is 13.7. The fourth-order valence-electron chi connectivity index (χ4n) is 1.92. The number of aromatic nitrogens is 1. The first-order valence-corrected chi connectivity index (χ1v) is 8.03. The fourth-order valence-corrected chi connectivity index (χ4v) is 2.78. The van der Waals surface area contributed by atoms with E-state index in [0.717, 1.165) is 26.6 Å². The number of anilines is 1. The van der Waals surface area contributed by atoms with Crippen molar-refractivity contribution in [1.82, 2.24) is 4.98 Å². The van der Waals surface area contributed by atoms with Crippen LogP contribution in [0.5, 0.6) is 5.75 Å². The van der Waals surface area contributed by atoms with Gasteiger partial charge in [-0.3, -0.25) is 0 Å². The zero-order valence-electron chi connectivity index (χ0n) is 10.7. The highest BCUT2D eigenvalue weighted by Gasteiger charge is 2.15. The molecule has 0 aliphatic heterocycles. The Hall–Kier alpha value is -0.780. The van der Waals surface area contributed by atoms with Gasteiger partial charge >= 0.3 is 0 Å². The molecule has 0 aliphatic rings. The Morgan fingerprint density at radius 3 is 2.75 bits per heavy atom. The largest absolute Gasteiger partial charge is 0.508 e. The van der Waals surface area contributed by atoms with E-state index in [1.807, 2.05) is 19.1 Å². The van der Waals surface area contributed by atoms with Crippen molar-refractivity contribution in [3.05, 3.63) is 50.1 Å². The predicted molar refractivity (Wildman–Crippen MR) is 89.4 cm³/mol. The van der Waals surface area contributed by atoms with E-state index < -0.39 is 0 Å². The minimum atomic E-state index is -0.0545. The third-order valence-electron chi connectivity index (χ3n) is 2.91. The molecule has 2 aromatic rings. The number of rotatable bonds is 4. The maximum Gasteiger partial charge on any atom is 0.152 e. The minimum Gasteiger partial charge on any atom is -0.508 e. The lowest BCUT2D eigenvalue weighted by Gasteiger charge is -2.20. The van der Waals surface area contributed by atoms with E-state index in [4.69, 9.17) is 11.6 Å². The average molecular weight is 421 g/mol. The van der Waals surface area contributed by atoms with Gasteiger partial charge in [0.15, 0.2) is 5.15 Å². The average Bonchev–Trinajstić information content (AvgIpc) is 2.42. The van der Waals surface area contributed by atoms with Gasteiger partial charge in [0, 0.05) is 20.7 Å². The van der Waals surface area contributed by atoms with Gasteiger partial charge in [-0.05, 0) is 46.6 Å². The zero-order valence-corrected chi connectivity index (χ0v) is 14.6. The van der Waals surface area contributed by atoms with E-state index in [1.165, 1.54) is 0 Å². The van der Waals surface area contributed by atoms with Crippen LogP contribution >= 0.6 is 43.5 Å². The van der Waals surface area contributed by atoms with Crippen LogP contribution in [0.25, 0.3) is 0 Å². The lowest BCUT2D eigenvalue weighted by atomic mass is 10.0. The van der Waals surface area contributed by atoms with E-state index >= 15 is 0 Å². The Morgan fingerprint density at radius 1 is 1.30 bits per heavy atom. The Bertz CT molecular complexity index is 622. The number of nitrogens with zero attached hydrogens (tertiary/aromatic N) is 1. The molecule has 0 spiro atoms. The molecule has 0 saturated heterocycles. The molecule has 0 saturated carbocycles. The highest BCUT2D eigenvalue weighted by Crippen LogP contribution is 2.34. The summed E-state index contributed by atoms with van der Waals surface area (Å²) in [6.07, 6.45) is 2.44. The van der Waals surface area contributed by atoms with Crippen molar-refractivity contribution in [2.45, 2.75) is 19.4 Å². The maximum absolute atomic E-state index is 10.0. The van der Waals surface area contributed by atoms with Gasteiger partial charge in [0.25, 0.3) is 0 Å². The van der Waals surface area contributed by atoms with Crippen molar-refractivity contribution in [2.75, 3.05) is 5.32 Å². The van der Waals surface area contributed by atoms with Crippen molar-refractivity contribution in [3.8, 4) is 5.75 Å². The summed E-state index contributed by atoms with van der Waals surface area (Å²) < 4.78 is 1.77. The van der Waals surface area contributed by atoms with Gasteiger partial charge in [0.1, 0.15) is 5.75 Å². The molecule has 2 rings (SSSR count). The Balaban J connectivity index is 2.33. The summed E-state index contributed by atoms with van der Waals surface area (Å²) >= 11 is 12.9. The van der Waals surface area contributed by atoms with Crippen molar-refractivity contribution >= 4 is 49.1 Å². The number of hydrogen-bond acceptors (Lipinski definition) is 3. The molecule has 0 radical (unpaired) electrons. The van der Waals surface area contributed by atoms with Crippen molar-refractivity contribution in [3.63, 3.8) is 0 Å². The third kappa shape index (κ3) is 3.65. The summed E-state index contributed by atoms with van der Waals surface area (Å²) in [4.78, 5) is 4.08. The van der Waals surface area contributed by atoms with Gasteiger partial charge in [-0.15, -0.1) is 0 Å². The minimum absolute atomic E-state index is 0.0545. The highest BCUT2D eigenvalue weighted by atomic mass is 79.9. The molecular weight excluding hydrogens is 407 g/mol. The number of benzene rings is 1. The summed E-state index contributed by atoms with van der Waals surface area (Å²) in [5.74, 6) is 0.256. The molecule has 0 fully saturated rings. The van der Waals surface area contributed by atoms with Gasteiger partial charge in [0.05, 0.1) is 11.7 Å². The van der Waals surface area contributed by atoms with Crippen LogP contribution in [-0.4, -0.2) is 10.1 Å². The van der Waals surface area contributed by atoms with E-state index in [2.05, 4.69) is 42.2 Å². The smallest absolute Gasteiger partial charge is 0.152 e. The molecule has 0 amide bonds. The van der Waals surface area contributed by atoms with Crippen molar-refractivity contribution in [1.29, 1.82) is 0 Å². The summed E-state index contributed by atoms with van der Waals surface area (Å²) in [6, 6.07) is 7.19. The van der Waals surface area contributed by atoms with Crippen LogP contribution in [0, 0.1) is 0 Å². The van der Waals surface area contributed by atoms with Crippen LogP contribution in [0.1, 0.15) is 24.9 Å². The van der Waals surface area contributed by atoms with Gasteiger partial charge in [-0.25, -0.2) is 4.98 Å². The topological polar surface area (TPSA) is 45.2 Å². The number of nitrogens with one attached hydrogen (secondary N) is 1. The summed E-state index contributed by atoms with van der Waals surface area (Å²) in [5.41, 5.74) is 1.55. The van der Waals surface area contributed by atoms with Gasteiger partial charge in [0.2, 0.25) is 0 Å². The third-order valence-corrected chi connectivity index (χ3v) is 4.14. The molecule has 1 aromatic heterocycles. The number of phenolic OH excluding ortho intramolecular Hbond substituents is 1. The molecule has 0 aliphatic carbocycles. The molecule has 1 heterocycles. The molecule has 0 bridgehead atoms. The van der Waals surface area contributed by atoms with Crippen molar-refractivity contribution < 1.29 is 5.11 Å². The molecule has 20 heavy (non-hydrogen) atoms. The molecule has 106 valence electrons. The summed E-state index contributed by atoms with van der Waals surface area (Å²) in [7, 11) is 0.